The van der Waals surface area contributed by atoms with Crippen molar-refractivity contribution in [1.82, 2.24) is 0 Å². The van der Waals surface area contributed by atoms with Gasteiger partial charge in [-0.2, -0.15) is 0 Å². The van der Waals surface area contributed by atoms with Gasteiger partial charge in [0.2, 0.25) is 0 Å². The van der Waals surface area contributed by atoms with Crippen LogP contribution in [0.4, 0.5) is 0 Å². The quantitative estimate of drug-likeness (QED) is 0.411. The lowest BCUT2D eigenvalue weighted by molar-refractivity contribution is -0.147. The first-order valence-corrected chi connectivity index (χ1v) is 5.00. The van der Waals surface area contributed by atoms with Gasteiger partial charge in [-0.15, -0.1) is 0 Å². The van der Waals surface area contributed by atoms with Crippen molar-refractivity contribution in [3.63, 3.8) is 0 Å². The maximum Gasteiger partial charge on any atom is 0.317 e. The summed E-state index contributed by atoms with van der Waals surface area (Å²) in [5, 5.41) is 0. The molecule has 3 fully saturated rings. The smallest absolute Gasteiger partial charge is 0.317 e. The average Bonchev–Trinajstić information content (AvgIpc) is 2.57. The SMILES string of the molecule is O=C1CC2CCCC3OC(=O)C1C23. The number of hydrogen-bond donors (Lipinski definition) is 0. The van der Waals surface area contributed by atoms with Gasteiger partial charge in [-0.1, -0.05) is 0 Å². The molecule has 0 amide bonds. The summed E-state index contributed by atoms with van der Waals surface area (Å²) in [4.78, 5) is 22.9. The molecule has 0 aromatic carbocycles. The molecular formula is C10H12O3. The van der Waals surface area contributed by atoms with Crippen molar-refractivity contribution in [2.75, 3.05) is 0 Å². The molecule has 4 unspecified atom stereocenters. The number of carbonyl (C=O) groups is 2. The van der Waals surface area contributed by atoms with Gasteiger partial charge in [0.25, 0.3) is 0 Å². The number of esters is 1. The molecule has 0 aromatic rings. The van der Waals surface area contributed by atoms with Crippen molar-refractivity contribution < 1.29 is 14.3 Å². The molecule has 1 saturated heterocycles. The minimum absolute atomic E-state index is 0.0719. The Morgan fingerprint density at radius 1 is 1.23 bits per heavy atom. The number of hydrogen-bond acceptors (Lipinski definition) is 3. The van der Waals surface area contributed by atoms with Gasteiger partial charge < -0.3 is 4.74 Å². The Labute approximate surface area is 76.4 Å². The molecule has 3 nitrogen and oxygen atoms in total. The molecule has 70 valence electrons. The van der Waals surface area contributed by atoms with E-state index in [-0.39, 0.29) is 29.7 Å². The third kappa shape index (κ3) is 0.847. The highest BCUT2D eigenvalue weighted by Gasteiger charge is 2.57. The summed E-state index contributed by atoms with van der Waals surface area (Å²) in [6, 6.07) is 0. The zero-order valence-corrected chi connectivity index (χ0v) is 7.36. The van der Waals surface area contributed by atoms with E-state index in [1.165, 1.54) is 0 Å². The third-order valence-electron chi connectivity index (χ3n) is 3.75. The lowest BCUT2D eigenvalue weighted by Crippen LogP contribution is -2.27. The summed E-state index contributed by atoms with van der Waals surface area (Å²) in [6.45, 7) is 0. The third-order valence-corrected chi connectivity index (χ3v) is 3.75. The molecule has 13 heavy (non-hydrogen) atoms. The molecule has 3 aliphatic rings. The van der Waals surface area contributed by atoms with E-state index in [1.807, 2.05) is 0 Å². The summed E-state index contributed by atoms with van der Waals surface area (Å²) in [6.07, 6.45) is 3.89. The van der Waals surface area contributed by atoms with E-state index in [0.29, 0.717) is 12.3 Å². The Bertz CT molecular complexity index is 258. The summed E-state index contributed by atoms with van der Waals surface area (Å²) in [7, 11) is 0. The van der Waals surface area contributed by atoms with E-state index in [9.17, 15) is 9.59 Å². The molecule has 0 bridgehead atoms. The van der Waals surface area contributed by atoms with Gasteiger partial charge in [-0.3, -0.25) is 9.59 Å². The van der Waals surface area contributed by atoms with Gasteiger partial charge in [-0.05, 0) is 25.2 Å². The van der Waals surface area contributed by atoms with Crippen molar-refractivity contribution in [2.45, 2.75) is 31.8 Å². The molecule has 2 aliphatic carbocycles. The first-order valence-electron chi connectivity index (χ1n) is 5.00. The molecule has 0 spiro atoms. The fraction of sp³-hybridized carbons (Fsp3) is 0.800. The van der Waals surface area contributed by atoms with E-state index in [2.05, 4.69) is 0 Å². The number of carbonyl (C=O) groups excluding carboxylic acids is 2. The number of ether oxygens (including phenoxy) is 1. The minimum atomic E-state index is -0.379. The zero-order valence-electron chi connectivity index (χ0n) is 7.36. The number of rotatable bonds is 0. The molecule has 0 N–H and O–H groups in total. The fourth-order valence-electron chi connectivity index (χ4n) is 3.24. The normalized spacial score (nSPS) is 47.7. The summed E-state index contributed by atoms with van der Waals surface area (Å²) in [5.41, 5.74) is 0. The van der Waals surface area contributed by atoms with Gasteiger partial charge in [-0.25, -0.2) is 0 Å². The van der Waals surface area contributed by atoms with E-state index in [1.54, 1.807) is 0 Å². The highest BCUT2D eigenvalue weighted by Crippen LogP contribution is 2.49. The Kier molecular flexibility index (Phi) is 1.35. The Morgan fingerprint density at radius 3 is 2.92 bits per heavy atom. The van der Waals surface area contributed by atoms with E-state index in [0.717, 1.165) is 19.3 Å². The monoisotopic (exact) mass is 180 g/mol. The van der Waals surface area contributed by atoms with Crippen LogP contribution in [0.15, 0.2) is 0 Å². The lowest BCUT2D eigenvalue weighted by Gasteiger charge is -2.27. The molecule has 0 radical (unpaired) electrons. The van der Waals surface area contributed by atoms with Crippen molar-refractivity contribution in [1.29, 1.82) is 0 Å². The second kappa shape index (κ2) is 2.34. The highest BCUT2D eigenvalue weighted by atomic mass is 16.6. The first-order chi connectivity index (χ1) is 6.27. The van der Waals surface area contributed by atoms with Crippen LogP contribution < -0.4 is 0 Å². The van der Waals surface area contributed by atoms with Crippen LogP contribution in [0.2, 0.25) is 0 Å². The predicted octanol–water partition coefficient (Wildman–Crippen LogP) is 0.917. The van der Waals surface area contributed by atoms with Gasteiger partial charge in [0.15, 0.2) is 0 Å². The number of ketones is 1. The fourth-order valence-corrected chi connectivity index (χ4v) is 3.24. The average molecular weight is 180 g/mol. The molecule has 3 heteroatoms. The Balaban J connectivity index is 2.00. The molecule has 1 aliphatic heterocycles. The van der Waals surface area contributed by atoms with Gasteiger partial charge in [0, 0.05) is 12.3 Å². The second-order valence-corrected chi connectivity index (χ2v) is 4.39. The maximum atomic E-state index is 11.5. The highest BCUT2D eigenvalue weighted by molar-refractivity contribution is 6.02. The van der Waals surface area contributed by atoms with Crippen molar-refractivity contribution in [3.05, 3.63) is 0 Å². The van der Waals surface area contributed by atoms with E-state index < -0.39 is 0 Å². The first kappa shape index (κ1) is 7.54. The second-order valence-electron chi connectivity index (χ2n) is 4.39. The summed E-state index contributed by atoms with van der Waals surface area (Å²) >= 11 is 0. The minimum Gasteiger partial charge on any atom is -0.461 e. The van der Waals surface area contributed by atoms with Gasteiger partial charge >= 0.3 is 5.97 Å². The topological polar surface area (TPSA) is 43.4 Å². The maximum absolute atomic E-state index is 11.5. The van der Waals surface area contributed by atoms with E-state index in [4.69, 9.17) is 4.74 Å². The number of Topliss-reactive ketones (excluding diaryl/α,β-unsaturated/α-hetero) is 1. The van der Waals surface area contributed by atoms with Crippen LogP contribution in [0.5, 0.6) is 0 Å². The lowest BCUT2D eigenvalue weighted by atomic mass is 9.78. The van der Waals surface area contributed by atoms with Crippen LogP contribution in [0.3, 0.4) is 0 Å². The van der Waals surface area contributed by atoms with Crippen LogP contribution in [-0.4, -0.2) is 17.9 Å². The predicted molar refractivity (Wildman–Crippen MR) is 43.8 cm³/mol. The Hall–Kier alpha value is -0.860. The molecule has 0 aromatic heterocycles. The molecular weight excluding hydrogens is 168 g/mol. The van der Waals surface area contributed by atoms with Crippen LogP contribution >= 0.6 is 0 Å². The molecule has 4 atom stereocenters. The van der Waals surface area contributed by atoms with Gasteiger partial charge in [0.1, 0.15) is 17.8 Å². The van der Waals surface area contributed by atoms with Crippen molar-refractivity contribution in [2.24, 2.45) is 17.8 Å². The van der Waals surface area contributed by atoms with Crippen LogP contribution in [-0.2, 0) is 14.3 Å². The van der Waals surface area contributed by atoms with Gasteiger partial charge in [0.05, 0.1) is 0 Å². The summed E-state index contributed by atoms with van der Waals surface area (Å²) < 4.78 is 5.21. The molecule has 1 heterocycles. The zero-order chi connectivity index (χ0) is 9.00. The van der Waals surface area contributed by atoms with Crippen LogP contribution in [0.1, 0.15) is 25.7 Å². The standard InChI is InChI=1S/C10H12O3/c11-6-4-5-2-1-3-7-8(5)9(6)10(12)13-7/h5,7-9H,1-4H2. The van der Waals surface area contributed by atoms with Crippen LogP contribution in [0.25, 0.3) is 0 Å². The van der Waals surface area contributed by atoms with Crippen LogP contribution in [0, 0.1) is 17.8 Å². The van der Waals surface area contributed by atoms with Crippen molar-refractivity contribution in [3.8, 4) is 0 Å². The largest absolute Gasteiger partial charge is 0.461 e. The van der Waals surface area contributed by atoms with Crippen molar-refractivity contribution >= 4 is 11.8 Å². The molecule has 2 saturated carbocycles. The molecule has 3 rings (SSSR count). The summed E-state index contributed by atoms with van der Waals surface area (Å²) in [5.74, 6) is 0.195. The van der Waals surface area contributed by atoms with E-state index >= 15 is 0 Å². The Morgan fingerprint density at radius 2 is 2.08 bits per heavy atom.